The number of carboxylic acid groups (broad SMARTS) is 4. The highest BCUT2D eigenvalue weighted by atomic mass is 19.4. The molecule has 8 nitrogen and oxygen atoms in total. The van der Waals surface area contributed by atoms with E-state index in [1.165, 1.54) is 0 Å². The van der Waals surface area contributed by atoms with Gasteiger partial charge in [0, 0.05) is 0 Å². The second-order valence-corrected chi connectivity index (χ2v) is 5.35. The zero-order chi connectivity index (χ0) is 28.5. The van der Waals surface area contributed by atoms with Crippen molar-refractivity contribution in [2.75, 3.05) is 0 Å². The summed E-state index contributed by atoms with van der Waals surface area (Å²) in [6.45, 7) is 0. The third-order valence-electron chi connectivity index (χ3n) is 3.36. The first kappa shape index (κ1) is 32.8. The van der Waals surface area contributed by atoms with E-state index in [0.717, 1.165) is 0 Å². The fourth-order valence-electron chi connectivity index (χ4n) is 1.69. The first-order valence-electron chi connectivity index (χ1n) is 6.86. The molecule has 198 valence electrons. The van der Waals surface area contributed by atoms with Gasteiger partial charge in [0.2, 0.25) is 5.83 Å². The molecule has 4 N–H and O–H groups in total. The third kappa shape index (κ3) is 4.93. The van der Waals surface area contributed by atoms with Gasteiger partial charge in [-0.1, -0.05) is 0 Å². The van der Waals surface area contributed by atoms with Crippen molar-refractivity contribution in [1.82, 2.24) is 0 Å². The Kier molecular flexibility index (Phi) is 9.15. The van der Waals surface area contributed by atoms with Crippen LogP contribution in [0, 0.1) is 5.41 Å². The summed E-state index contributed by atoms with van der Waals surface area (Å²) >= 11 is 0. The molecule has 0 fully saturated rings. The number of carboxylic acids is 4. The molecular formula is C12H4F14O8. The first-order valence-corrected chi connectivity index (χ1v) is 6.86. The van der Waals surface area contributed by atoms with E-state index in [0.29, 0.717) is 0 Å². The van der Waals surface area contributed by atoms with Gasteiger partial charge in [-0.15, -0.1) is 0 Å². The fraction of sp³-hybridized carbons (Fsp3) is 0.500. The molecule has 1 unspecified atom stereocenters. The van der Waals surface area contributed by atoms with Crippen LogP contribution in [0.4, 0.5) is 61.5 Å². The highest BCUT2D eigenvalue weighted by molar-refractivity contribution is 6.21. The number of carbonyl (C=O) groups is 4. The molecule has 0 aliphatic carbocycles. The maximum absolute atomic E-state index is 14.0. The lowest BCUT2D eigenvalue weighted by Crippen LogP contribution is -2.74. The van der Waals surface area contributed by atoms with Gasteiger partial charge in [0.1, 0.15) is 0 Å². The molecule has 0 radical (unpaired) electrons. The van der Waals surface area contributed by atoms with Gasteiger partial charge in [-0.2, -0.15) is 57.1 Å². The Morgan fingerprint density at radius 2 is 0.794 bits per heavy atom. The van der Waals surface area contributed by atoms with Gasteiger partial charge in [-0.25, -0.2) is 9.18 Å². The topological polar surface area (TPSA) is 149 Å². The molecule has 0 spiro atoms. The van der Waals surface area contributed by atoms with E-state index in [1.54, 1.807) is 0 Å². The summed E-state index contributed by atoms with van der Waals surface area (Å²) in [5.41, 5.74) is -12.3. The lowest BCUT2D eigenvalue weighted by Gasteiger charge is -2.38. The first-order chi connectivity index (χ1) is 14.6. The molecule has 1 atom stereocenters. The van der Waals surface area contributed by atoms with Crippen molar-refractivity contribution in [3.63, 3.8) is 0 Å². The van der Waals surface area contributed by atoms with Crippen LogP contribution in [-0.2, 0) is 19.2 Å². The van der Waals surface area contributed by atoms with Crippen molar-refractivity contribution in [2.24, 2.45) is 5.41 Å². The summed E-state index contributed by atoms with van der Waals surface area (Å²) in [7, 11) is 0. The predicted molar refractivity (Wildman–Crippen MR) is 69.2 cm³/mol. The molecule has 0 heterocycles. The number of hydrogen-bond acceptors (Lipinski definition) is 4. The number of aliphatic carboxylic acids is 4. The van der Waals surface area contributed by atoms with Crippen LogP contribution in [0.25, 0.3) is 0 Å². The van der Waals surface area contributed by atoms with Crippen LogP contribution in [0.3, 0.4) is 0 Å². The van der Waals surface area contributed by atoms with Crippen molar-refractivity contribution in [1.29, 1.82) is 0 Å². The highest BCUT2D eigenvalue weighted by Gasteiger charge is 2.89. The van der Waals surface area contributed by atoms with E-state index in [2.05, 4.69) is 0 Å². The molecule has 0 aliphatic heterocycles. The maximum Gasteiger partial charge on any atom is 0.460 e. The minimum atomic E-state index is -7.17. The van der Waals surface area contributed by atoms with Crippen molar-refractivity contribution >= 4 is 23.9 Å². The number of allylic oxidation sites excluding steroid dienone is 1. The Hall–Kier alpha value is -3.36. The molecular weight excluding hydrogens is 538 g/mol. The van der Waals surface area contributed by atoms with Crippen LogP contribution >= 0.6 is 0 Å². The Bertz CT molecular complexity index is 833. The smallest absolute Gasteiger partial charge is 0.460 e. The average Bonchev–Trinajstić information content (AvgIpc) is 2.58. The summed E-state index contributed by atoms with van der Waals surface area (Å²) in [6.07, 6.45) is -17.1. The van der Waals surface area contributed by atoms with Crippen LogP contribution in [0.5, 0.6) is 0 Å². The molecule has 0 rings (SSSR count). The molecule has 0 aromatic heterocycles. The minimum Gasteiger partial charge on any atom is -0.480 e. The second-order valence-electron chi connectivity index (χ2n) is 5.35. The molecule has 0 aromatic carbocycles. The minimum absolute atomic E-state index is 3.58. The van der Waals surface area contributed by atoms with Gasteiger partial charge in [-0.05, 0) is 0 Å². The Labute approximate surface area is 173 Å². The Balaban J connectivity index is 0. The number of hydrogen-bond donors (Lipinski definition) is 4. The molecule has 34 heavy (non-hydrogen) atoms. The normalized spacial score (nSPS) is 14.8. The van der Waals surface area contributed by atoms with E-state index in [1.807, 2.05) is 0 Å². The molecule has 0 saturated heterocycles. The summed E-state index contributed by atoms with van der Waals surface area (Å²) < 4.78 is 167. The van der Waals surface area contributed by atoms with Crippen LogP contribution < -0.4 is 0 Å². The van der Waals surface area contributed by atoms with Crippen molar-refractivity contribution in [2.45, 2.75) is 29.9 Å². The van der Waals surface area contributed by atoms with Crippen LogP contribution in [0.1, 0.15) is 0 Å². The van der Waals surface area contributed by atoms with Gasteiger partial charge in [-0.3, -0.25) is 14.4 Å². The summed E-state index contributed by atoms with van der Waals surface area (Å²) in [5.74, 6) is -31.7. The Morgan fingerprint density at radius 3 is 0.912 bits per heavy atom. The number of alkyl halides is 11. The lowest BCUT2D eigenvalue weighted by molar-refractivity contribution is -0.336. The van der Waals surface area contributed by atoms with Gasteiger partial charge >= 0.3 is 65.2 Å². The van der Waals surface area contributed by atoms with E-state index in [4.69, 9.17) is 20.4 Å². The van der Waals surface area contributed by atoms with E-state index >= 15 is 0 Å². The summed E-state index contributed by atoms with van der Waals surface area (Å²) in [5, 5.41) is 33.5. The van der Waals surface area contributed by atoms with Crippen molar-refractivity contribution in [3.05, 3.63) is 11.9 Å². The maximum atomic E-state index is 14.0. The zero-order valence-electron chi connectivity index (χ0n) is 14.7. The fourth-order valence-corrected chi connectivity index (χ4v) is 1.69. The quantitative estimate of drug-likeness (QED) is 0.282. The monoisotopic (exact) mass is 542 g/mol. The molecule has 0 saturated carbocycles. The second kappa shape index (κ2) is 9.48. The van der Waals surface area contributed by atoms with Crippen molar-refractivity contribution in [3.8, 4) is 0 Å². The Morgan fingerprint density at radius 1 is 0.500 bits per heavy atom. The van der Waals surface area contributed by atoms with E-state index < -0.39 is 71.1 Å². The van der Waals surface area contributed by atoms with E-state index in [9.17, 15) is 80.6 Å². The van der Waals surface area contributed by atoms with Crippen LogP contribution in [0.2, 0.25) is 0 Å². The average molecular weight is 542 g/mol. The van der Waals surface area contributed by atoms with Gasteiger partial charge in [0.25, 0.3) is 0 Å². The standard InChI is InChI=1S/C8H4F6O8.C4F8/c9-6(4(21)22,7(10,11)8(12,13)14)5(1(15)16,2(17)18)3(19)20;5-1(2(6)7)3(8,9)4(10,11)12/h(H,15,16)(H,17,18)(H,19,20)(H,21,22);. The van der Waals surface area contributed by atoms with Crippen molar-refractivity contribution < 1.29 is 101 Å². The van der Waals surface area contributed by atoms with Crippen LogP contribution in [0.15, 0.2) is 11.9 Å². The van der Waals surface area contributed by atoms with E-state index in [-0.39, 0.29) is 0 Å². The number of halogens is 14. The number of rotatable bonds is 7. The predicted octanol–water partition coefficient (Wildman–Crippen LogP) is 3.48. The lowest BCUT2D eigenvalue weighted by atomic mass is 9.69. The summed E-state index contributed by atoms with van der Waals surface area (Å²) in [4.78, 5) is 42.5. The van der Waals surface area contributed by atoms with Gasteiger partial charge in [0.15, 0.2) is 0 Å². The molecule has 0 amide bonds. The molecule has 22 heteroatoms. The molecule has 0 bridgehead atoms. The van der Waals surface area contributed by atoms with Gasteiger partial charge < -0.3 is 20.4 Å². The molecule has 0 aromatic rings. The zero-order valence-corrected chi connectivity index (χ0v) is 14.7. The van der Waals surface area contributed by atoms with Crippen LogP contribution in [-0.4, -0.2) is 74.2 Å². The highest BCUT2D eigenvalue weighted by Crippen LogP contribution is 2.54. The third-order valence-corrected chi connectivity index (χ3v) is 3.36. The largest absolute Gasteiger partial charge is 0.480 e. The summed E-state index contributed by atoms with van der Waals surface area (Å²) in [6, 6.07) is 0. The van der Waals surface area contributed by atoms with Gasteiger partial charge in [0.05, 0.1) is 0 Å². The SMILES string of the molecule is FC(F)=C(F)C(F)(F)C(F)(F)F.O=C(O)C(C(=O)O)(C(=O)O)C(F)(C(=O)O)C(F)(F)C(F)(F)F. The molecule has 0 aliphatic rings.